The summed E-state index contributed by atoms with van der Waals surface area (Å²) in [6, 6.07) is 0. The van der Waals surface area contributed by atoms with Gasteiger partial charge in [-0.3, -0.25) is 0 Å². The lowest BCUT2D eigenvalue weighted by Crippen LogP contribution is -2.26. The molecule has 1 rings (SSSR count). The maximum Gasteiger partial charge on any atom is 0.192 e. The molecule has 0 aliphatic heterocycles. The van der Waals surface area contributed by atoms with Gasteiger partial charge in [0, 0.05) is 5.57 Å². The number of halogens is 5. The monoisotopic (exact) mass is 208 g/mol. The van der Waals surface area contributed by atoms with Gasteiger partial charge >= 0.3 is 0 Å². The molecule has 1 aliphatic rings. The maximum atomic E-state index is 12.9. The van der Waals surface area contributed by atoms with Gasteiger partial charge in [-0.25, -0.2) is 22.0 Å². The zero-order valence-corrected chi connectivity index (χ0v) is 7.20. The minimum atomic E-state index is -2.92. The topological polar surface area (TPSA) is 0 Å². The Morgan fingerprint density at radius 2 is 1.50 bits per heavy atom. The van der Waals surface area contributed by atoms with Gasteiger partial charge < -0.3 is 0 Å². The highest BCUT2D eigenvalue weighted by Crippen LogP contribution is 2.40. The second-order valence-electron chi connectivity index (χ2n) is 3.02. The number of rotatable bonds is 1. The molecule has 0 spiro atoms. The minimum Gasteiger partial charge on any atom is -0.236 e. The summed E-state index contributed by atoms with van der Waals surface area (Å²) in [5.74, 6) is -6.58. The van der Waals surface area contributed by atoms with E-state index >= 15 is 0 Å². The average Bonchev–Trinajstić information content (AvgIpc) is 2.11. The molecular weight excluding hydrogens is 202 g/mol. The van der Waals surface area contributed by atoms with Crippen molar-refractivity contribution >= 4 is 7.85 Å². The van der Waals surface area contributed by atoms with Crippen molar-refractivity contribution in [3.05, 3.63) is 23.1 Å². The van der Waals surface area contributed by atoms with Crippen LogP contribution in [0, 0.1) is 0 Å². The lowest BCUT2D eigenvalue weighted by atomic mass is 9.79. The highest BCUT2D eigenvalue weighted by atomic mass is 19.2. The Hall–Kier alpha value is -0.805. The van der Waals surface area contributed by atoms with Gasteiger partial charge in [-0.15, -0.1) is 0 Å². The Kier molecular flexibility index (Phi) is 3.02. The van der Waals surface area contributed by atoms with Crippen LogP contribution in [0.5, 0.6) is 0 Å². The van der Waals surface area contributed by atoms with E-state index in [2.05, 4.69) is 0 Å². The van der Waals surface area contributed by atoms with Gasteiger partial charge in [0.05, 0.1) is 7.85 Å². The Bertz CT molecular complexity index is 307. The molecule has 0 saturated heterocycles. The van der Waals surface area contributed by atoms with E-state index in [0.717, 1.165) is 6.92 Å². The number of hydrogen-bond donors (Lipinski definition) is 0. The largest absolute Gasteiger partial charge is 0.236 e. The van der Waals surface area contributed by atoms with Gasteiger partial charge in [-0.2, -0.15) is 0 Å². The summed E-state index contributed by atoms with van der Waals surface area (Å²) >= 11 is 0. The molecule has 3 unspecified atom stereocenters. The quantitative estimate of drug-likeness (QED) is 0.458. The number of allylic oxidation sites excluding steroid dienone is 4. The first-order valence-corrected chi connectivity index (χ1v) is 3.86. The van der Waals surface area contributed by atoms with Crippen LogP contribution in [0.3, 0.4) is 0 Å². The number of alkyl halides is 2. The van der Waals surface area contributed by atoms with Crippen LogP contribution in [0.1, 0.15) is 6.92 Å². The van der Waals surface area contributed by atoms with Crippen molar-refractivity contribution < 1.29 is 22.0 Å². The molecule has 0 N–H and O–H groups in total. The van der Waals surface area contributed by atoms with E-state index in [-0.39, 0.29) is 0 Å². The second-order valence-corrected chi connectivity index (χ2v) is 3.02. The highest BCUT2D eigenvalue weighted by Gasteiger charge is 2.40. The molecule has 0 heterocycles. The summed E-state index contributed by atoms with van der Waals surface area (Å²) in [7, 11) is 5.09. The molecule has 2 radical (unpaired) electrons. The van der Waals surface area contributed by atoms with E-state index in [1.54, 1.807) is 0 Å². The molecule has 0 nitrogen and oxygen atoms in total. The summed E-state index contributed by atoms with van der Waals surface area (Å²) in [4.78, 5) is 0. The third-order valence-electron chi connectivity index (χ3n) is 1.90. The zero-order valence-electron chi connectivity index (χ0n) is 7.20. The fraction of sp³-hybridized carbons (Fsp3) is 0.500. The van der Waals surface area contributed by atoms with E-state index in [1.165, 1.54) is 0 Å². The van der Waals surface area contributed by atoms with Crippen molar-refractivity contribution in [3.8, 4) is 0 Å². The van der Waals surface area contributed by atoms with Gasteiger partial charge in [0.1, 0.15) is 5.83 Å². The van der Waals surface area contributed by atoms with Crippen LogP contribution in [0.15, 0.2) is 23.1 Å². The van der Waals surface area contributed by atoms with E-state index < -0.39 is 41.2 Å². The Balaban J connectivity index is 3.25. The second kappa shape index (κ2) is 3.75. The van der Waals surface area contributed by atoms with Gasteiger partial charge in [0.15, 0.2) is 24.0 Å². The molecule has 0 aromatic rings. The molecule has 0 bridgehead atoms. The molecule has 0 aromatic carbocycles. The molecule has 0 saturated carbocycles. The standard InChI is InChI=1S/C8H6BF5/c1-2(9)3-4(10)6(12)8(14)7(13)5(3)11/h2,6,8H,1H3. The van der Waals surface area contributed by atoms with Gasteiger partial charge in [-0.05, 0) is 0 Å². The van der Waals surface area contributed by atoms with Crippen molar-refractivity contribution in [2.24, 2.45) is 0 Å². The first-order chi connectivity index (χ1) is 6.37. The van der Waals surface area contributed by atoms with Crippen LogP contribution in [0.2, 0.25) is 5.82 Å². The Morgan fingerprint density at radius 1 is 1.07 bits per heavy atom. The van der Waals surface area contributed by atoms with E-state index in [4.69, 9.17) is 7.85 Å². The van der Waals surface area contributed by atoms with Crippen LogP contribution in [0.25, 0.3) is 0 Å². The van der Waals surface area contributed by atoms with Crippen molar-refractivity contribution in [2.75, 3.05) is 0 Å². The molecule has 1 aliphatic carbocycles. The van der Waals surface area contributed by atoms with Crippen LogP contribution in [-0.2, 0) is 0 Å². The summed E-state index contributed by atoms with van der Waals surface area (Å²) < 4.78 is 63.7. The molecule has 0 aromatic heterocycles. The van der Waals surface area contributed by atoms with Crippen molar-refractivity contribution in [1.29, 1.82) is 0 Å². The zero-order chi connectivity index (χ0) is 11.0. The van der Waals surface area contributed by atoms with E-state index in [0.29, 0.717) is 0 Å². The van der Waals surface area contributed by atoms with Crippen LogP contribution >= 0.6 is 0 Å². The summed E-state index contributed by atoms with van der Waals surface area (Å²) in [5, 5.41) is 0. The normalized spacial score (nSPS) is 31.0. The summed E-state index contributed by atoms with van der Waals surface area (Å²) in [6.07, 6.45) is -5.73. The third-order valence-corrected chi connectivity index (χ3v) is 1.90. The Labute approximate surface area is 78.9 Å². The predicted molar refractivity (Wildman–Crippen MR) is 42.3 cm³/mol. The molecule has 14 heavy (non-hydrogen) atoms. The molecular formula is C8H6BF5. The Morgan fingerprint density at radius 3 is 1.93 bits per heavy atom. The van der Waals surface area contributed by atoms with Gasteiger partial charge in [-0.1, -0.05) is 12.7 Å². The van der Waals surface area contributed by atoms with Crippen molar-refractivity contribution in [1.82, 2.24) is 0 Å². The fourth-order valence-corrected chi connectivity index (χ4v) is 1.18. The molecule has 76 valence electrons. The SMILES string of the molecule is [B]C(C)C1=C(F)C(F)C(F)C(F)=C1F. The predicted octanol–water partition coefficient (Wildman–Crippen LogP) is 3.03. The smallest absolute Gasteiger partial charge is 0.192 e. The first kappa shape index (κ1) is 11.3. The van der Waals surface area contributed by atoms with Crippen LogP contribution < -0.4 is 0 Å². The fourth-order valence-electron chi connectivity index (χ4n) is 1.18. The van der Waals surface area contributed by atoms with Crippen LogP contribution in [-0.4, -0.2) is 20.2 Å². The van der Waals surface area contributed by atoms with Crippen molar-refractivity contribution in [3.63, 3.8) is 0 Å². The molecule has 6 heteroatoms. The molecule has 0 fully saturated rings. The van der Waals surface area contributed by atoms with Crippen LogP contribution in [0.4, 0.5) is 22.0 Å². The average molecular weight is 208 g/mol. The van der Waals surface area contributed by atoms with Gasteiger partial charge in [0.2, 0.25) is 0 Å². The molecule has 3 atom stereocenters. The van der Waals surface area contributed by atoms with Gasteiger partial charge in [0.25, 0.3) is 0 Å². The number of hydrogen-bond acceptors (Lipinski definition) is 0. The minimum absolute atomic E-state index is 0.941. The first-order valence-electron chi connectivity index (χ1n) is 3.86. The summed E-state index contributed by atoms with van der Waals surface area (Å²) in [5.41, 5.74) is -0.941. The highest BCUT2D eigenvalue weighted by molar-refractivity contribution is 6.13. The van der Waals surface area contributed by atoms with E-state index in [1.807, 2.05) is 0 Å². The lowest BCUT2D eigenvalue weighted by molar-refractivity contribution is 0.164. The van der Waals surface area contributed by atoms with Crippen molar-refractivity contribution in [2.45, 2.75) is 25.1 Å². The third kappa shape index (κ3) is 1.57. The van der Waals surface area contributed by atoms with E-state index in [9.17, 15) is 22.0 Å². The lowest BCUT2D eigenvalue weighted by Gasteiger charge is -2.22. The molecule has 0 amide bonds. The summed E-state index contributed by atoms with van der Waals surface area (Å²) in [6.45, 7) is 1.15. The maximum absolute atomic E-state index is 12.9.